The van der Waals surface area contributed by atoms with E-state index in [1.165, 1.54) is 24.3 Å². The fourth-order valence-corrected chi connectivity index (χ4v) is 3.61. The Labute approximate surface area is 124 Å². The second-order valence-corrected chi connectivity index (χ2v) is 7.26. The van der Waals surface area contributed by atoms with E-state index in [1.54, 1.807) is 0 Å². The molecule has 116 valence electrons. The number of hydrogen-bond donors (Lipinski definition) is 1. The van der Waals surface area contributed by atoms with Gasteiger partial charge in [-0.05, 0) is 31.7 Å². The van der Waals surface area contributed by atoms with Crippen molar-refractivity contribution in [1.29, 1.82) is 0 Å². The van der Waals surface area contributed by atoms with Crippen molar-refractivity contribution in [2.24, 2.45) is 0 Å². The lowest BCUT2D eigenvalue weighted by Crippen LogP contribution is -2.35. The largest absolute Gasteiger partial charge is 0.478 e. The van der Waals surface area contributed by atoms with E-state index in [4.69, 9.17) is 9.84 Å². The van der Waals surface area contributed by atoms with E-state index in [0.717, 1.165) is 6.42 Å². The predicted octanol–water partition coefficient (Wildman–Crippen LogP) is 0.879. The standard InChI is InChI=1S/C14H19NO5S/c1-15(12-5-7-20-10-12)6-8-21(18,19)13-4-2-3-11(9-13)14(16)17/h2-4,9,12H,5-8,10H2,1H3,(H,16,17). The Morgan fingerprint density at radius 2 is 2.24 bits per heavy atom. The van der Waals surface area contributed by atoms with Gasteiger partial charge in [0, 0.05) is 19.2 Å². The Balaban J connectivity index is 2.04. The molecule has 1 aromatic rings. The molecule has 1 aliphatic rings. The van der Waals surface area contributed by atoms with E-state index in [9.17, 15) is 13.2 Å². The molecule has 1 N–H and O–H groups in total. The van der Waals surface area contributed by atoms with E-state index in [0.29, 0.717) is 19.8 Å². The van der Waals surface area contributed by atoms with Crippen LogP contribution in [0, 0.1) is 0 Å². The first kappa shape index (κ1) is 15.9. The summed E-state index contributed by atoms with van der Waals surface area (Å²) in [4.78, 5) is 12.9. The summed E-state index contributed by atoms with van der Waals surface area (Å²) in [6.45, 7) is 1.74. The summed E-state index contributed by atoms with van der Waals surface area (Å²) in [6, 6.07) is 5.72. The zero-order valence-electron chi connectivity index (χ0n) is 11.9. The van der Waals surface area contributed by atoms with Gasteiger partial charge in [0.1, 0.15) is 0 Å². The molecule has 1 fully saturated rings. The minimum atomic E-state index is -3.49. The predicted molar refractivity (Wildman–Crippen MR) is 77.3 cm³/mol. The van der Waals surface area contributed by atoms with Crippen molar-refractivity contribution in [1.82, 2.24) is 4.90 Å². The highest BCUT2D eigenvalue weighted by molar-refractivity contribution is 7.91. The summed E-state index contributed by atoms with van der Waals surface area (Å²) in [7, 11) is -1.61. The quantitative estimate of drug-likeness (QED) is 0.839. The maximum absolute atomic E-state index is 12.3. The zero-order valence-corrected chi connectivity index (χ0v) is 12.7. The van der Waals surface area contributed by atoms with Crippen molar-refractivity contribution in [3.05, 3.63) is 29.8 Å². The molecule has 0 spiro atoms. The van der Waals surface area contributed by atoms with Crippen LogP contribution < -0.4 is 0 Å². The molecule has 1 aliphatic heterocycles. The molecule has 1 aromatic carbocycles. The van der Waals surface area contributed by atoms with Gasteiger partial charge in [-0.1, -0.05) is 6.07 Å². The molecular weight excluding hydrogens is 294 g/mol. The summed E-state index contributed by atoms with van der Waals surface area (Å²) >= 11 is 0. The van der Waals surface area contributed by atoms with Crippen LogP contribution in [0.2, 0.25) is 0 Å². The van der Waals surface area contributed by atoms with E-state index < -0.39 is 15.8 Å². The molecule has 0 aromatic heterocycles. The maximum atomic E-state index is 12.3. The van der Waals surface area contributed by atoms with Crippen LogP contribution in [-0.2, 0) is 14.6 Å². The Morgan fingerprint density at radius 3 is 2.86 bits per heavy atom. The molecule has 1 saturated heterocycles. The molecule has 1 heterocycles. The Bertz CT molecular complexity index is 608. The molecule has 0 bridgehead atoms. The number of likely N-dealkylation sites (N-methyl/N-ethyl adjacent to an activating group) is 1. The fraction of sp³-hybridized carbons (Fsp3) is 0.500. The molecule has 0 radical (unpaired) electrons. The molecule has 0 amide bonds. The number of aromatic carboxylic acids is 1. The summed E-state index contributed by atoms with van der Waals surface area (Å²) in [5.74, 6) is -1.17. The monoisotopic (exact) mass is 313 g/mol. The highest BCUT2D eigenvalue weighted by Crippen LogP contribution is 2.15. The van der Waals surface area contributed by atoms with Crippen LogP contribution in [0.15, 0.2) is 29.2 Å². The molecule has 21 heavy (non-hydrogen) atoms. The smallest absolute Gasteiger partial charge is 0.335 e. The third kappa shape index (κ3) is 4.03. The minimum absolute atomic E-state index is 0.0198. The van der Waals surface area contributed by atoms with Gasteiger partial charge in [-0.3, -0.25) is 0 Å². The number of nitrogens with zero attached hydrogens (tertiary/aromatic N) is 1. The van der Waals surface area contributed by atoms with Gasteiger partial charge in [0.25, 0.3) is 0 Å². The number of hydrogen-bond acceptors (Lipinski definition) is 5. The van der Waals surface area contributed by atoms with E-state index in [-0.39, 0.29) is 22.3 Å². The van der Waals surface area contributed by atoms with Crippen LogP contribution in [0.5, 0.6) is 0 Å². The summed E-state index contributed by atoms with van der Waals surface area (Å²) in [5.41, 5.74) is -0.0198. The van der Waals surface area contributed by atoms with E-state index >= 15 is 0 Å². The fourth-order valence-electron chi connectivity index (χ4n) is 2.26. The van der Waals surface area contributed by atoms with Crippen LogP contribution in [0.3, 0.4) is 0 Å². The van der Waals surface area contributed by atoms with Gasteiger partial charge in [-0.2, -0.15) is 0 Å². The lowest BCUT2D eigenvalue weighted by atomic mass is 10.2. The molecule has 1 atom stereocenters. The number of ether oxygens (including phenoxy) is 1. The lowest BCUT2D eigenvalue weighted by Gasteiger charge is -2.22. The third-order valence-electron chi connectivity index (χ3n) is 3.68. The molecule has 2 rings (SSSR count). The maximum Gasteiger partial charge on any atom is 0.335 e. The van der Waals surface area contributed by atoms with Crippen LogP contribution in [0.4, 0.5) is 0 Å². The average molecular weight is 313 g/mol. The molecular formula is C14H19NO5S. The lowest BCUT2D eigenvalue weighted by molar-refractivity contribution is 0.0696. The van der Waals surface area contributed by atoms with Crippen LogP contribution in [-0.4, -0.2) is 63.0 Å². The number of carbonyl (C=O) groups is 1. The summed E-state index contributed by atoms with van der Waals surface area (Å²) in [6.07, 6.45) is 0.908. The highest BCUT2D eigenvalue weighted by atomic mass is 32.2. The molecule has 7 heteroatoms. The second kappa shape index (κ2) is 6.55. The Kier molecular flexibility index (Phi) is 4.97. The highest BCUT2D eigenvalue weighted by Gasteiger charge is 2.23. The Hall–Kier alpha value is -1.44. The molecule has 0 saturated carbocycles. The third-order valence-corrected chi connectivity index (χ3v) is 5.37. The van der Waals surface area contributed by atoms with E-state index in [1.807, 2.05) is 11.9 Å². The average Bonchev–Trinajstić information content (AvgIpc) is 2.99. The van der Waals surface area contributed by atoms with Crippen LogP contribution in [0.25, 0.3) is 0 Å². The minimum Gasteiger partial charge on any atom is -0.478 e. The van der Waals surface area contributed by atoms with Gasteiger partial charge in [0.2, 0.25) is 0 Å². The van der Waals surface area contributed by atoms with Crippen molar-refractivity contribution in [3.8, 4) is 0 Å². The van der Waals surface area contributed by atoms with Gasteiger partial charge in [0.05, 0.1) is 22.8 Å². The SMILES string of the molecule is CN(CCS(=O)(=O)c1cccc(C(=O)O)c1)C1CCOC1. The van der Waals surface area contributed by atoms with Crippen LogP contribution in [0.1, 0.15) is 16.8 Å². The topological polar surface area (TPSA) is 83.9 Å². The molecule has 1 unspecified atom stereocenters. The first-order valence-electron chi connectivity index (χ1n) is 6.74. The van der Waals surface area contributed by atoms with Crippen LogP contribution >= 0.6 is 0 Å². The number of sulfone groups is 1. The normalized spacial score (nSPS) is 19.0. The van der Waals surface area contributed by atoms with E-state index in [2.05, 4.69) is 0 Å². The molecule has 0 aliphatic carbocycles. The van der Waals surface area contributed by atoms with Gasteiger partial charge < -0.3 is 14.7 Å². The number of carboxylic acid groups (broad SMARTS) is 1. The van der Waals surface area contributed by atoms with Gasteiger partial charge in [-0.15, -0.1) is 0 Å². The first-order chi connectivity index (χ1) is 9.90. The summed E-state index contributed by atoms with van der Waals surface area (Å²) < 4.78 is 29.8. The second-order valence-electron chi connectivity index (χ2n) is 5.15. The van der Waals surface area contributed by atoms with Gasteiger partial charge in [0.15, 0.2) is 9.84 Å². The Morgan fingerprint density at radius 1 is 1.48 bits per heavy atom. The molecule has 6 nitrogen and oxygen atoms in total. The van der Waals surface area contributed by atoms with Crippen molar-refractivity contribution in [2.75, 3.05) is 32.6 Å². The van der Waals surface area contributed by atoms with Gasteiger partial charge in [-0.25, -0.2) is 13.2 Å². The number of carboxylic acids is 1. The van der Waals surface area contributed by atoms with Crippen molar-refractivity contribution < 1.29 is 23.1 Å². The van der Waals surface area contributed by atoms with Crippen molar-refractivity contribution in [2.45, 2.75) is 17.4 Å². The summed E-state index contributed by atoms with van der Waals surface area (Å²) in [5, 5.41) is 8.92. The van der Waals surface area contributed by atoms with Gasteiger partial charge >= 0.3 is 5.97 Å². The number of benzene rings is 1. The van der Waals surface area contributed by atoms with Crippen molar-refractivity contribution in [3.63, 3.8) is 0 Å². The number of rotatable bonds is 6. The van der Waals surface area contributed by atoms with Crippen molar-refractivity contribution >= 4 is 15.8 Å². The zero-order chi connectivity index (χ0) is 15.5. The first-order valence-corrected chi connectivity index (χ1v) is 8.39.